The summed E-state index contributed by atoms with van der Waals surface area (Å²) in [6.07, 6.45) is 0.810. The minimum Gasteiger partial charge on any atom is -0.0622 e. The van der Waals surface area contributed by atoms with Gasteiger partial charge in [0.15, 0.2) is 0 Å². The normalized spacial score (nSPS) is 13.2. The third-order valence-electron chi connectivity index (χ3n) is 1.91. The lowest BCUT2D eigenvalue weighted by molar-refractivity contribution is 0.916. The minimum atomic E-state index is -0.431. The Balaban J connectivity index is 2.89. The summed E-state index contributed by atoms with van der Waals surface area (Å²) in [7, 11) is 0. The Morgan fingerprint density at radius 3 is 1.62 bits per heavy atom. The molecule has 0 N–H and O–H groups in total. The van der Waals surface area contributed by atoms with Crippen LogP contribution in [-0.2, 0) is 6.42 Å². The average Bonchev–Trinajstić information content (AvgIpc) is 2.12. The number of hydrogen-bond acceptors (Lipinski definition) is 0. The highest BCUT2D eigenvalue weighted by atomic mass is 80.0. The molecule has 0 spiro atoms. The summed E-state index contributed by atoms with van der Waals surface area (Å²) in [4.78, 5) is 0. The molecule has 0 atom stereocenters. The molecular formula is C10H7Br6. The van der Waals surface area contributed by atoms with Crippen LogP contribution in [0, 0.1) is 5.92 Å². The van der Waals surface area contributed by atoms with E-state index in [-0.39, 0.29) is 0 Å². The molecule has 0 aliphatic heterocycles. The molecule has 0 aliphatic carbocycles. The standard InChI is InChI=1S/C10H7Br6/c11-9(12,13)8(10(14,15)16)6-7-4-2-1-3-5-7/h1-5H,6H2. The summed E-state index contributed by atoms with van der Waals surface area (Å²) in [6, 6.07) is 10.3. The molecule has 1 radical (unpaired) electrons. The van der Waals surface area contributed by atoms with Crippen molar-refractivity contribution in [3.05, 3.63) is 41.8 Å². The van der Waals surface area contributed by atoms with Gasteiger partial charge in [-0.05, 0) is 12.0 Å². The molecule has 0 bridgehead atoms. The third kappa shape index (κ3) is 5.39. The van der Waals surface area contributed by atoms with Gasteiger partial charge in [0.1, 0.15) is 4.29 Å². The second kappa shape index (κ2) is 6.51. The molecule has 0 saturated carbocycles. The van der Waals surface area contributed by atoms with Gasteiger partial charge in [-0.3, -0.25) is 0 Å². The summed E-state index contributed by atoms with van der Waals surface area (Å²) >= 11 is 21.3. The lowest BCUT2D eigenvalue weighted by Gasteiger charge is -2.31. The van der Waals surface area contributed by atoms with Crippen molar-refractivity contribution in [3.8, 4) is 0 Å². The maximum Gasteiger partial charge on any atom is 0.144 e. The molecular weight excluding hydrogens is 600 g/mol. The first-order chi connectivity index (χ1) is 7.21. The Morgan fingerprint density at radius 2 is 1.25 bits per heavy atom. The molecule has 16 heavy (non-hydrogen) atoms. The summed E-state index contributed by atoms with van der Waals surface area (Å²) in [5.74, 6) is 1.12. The van der Waals surface area contributed by atoms with Crippen LogP contribution in [0.25, 0.3) is 0 Å². The quantitative estimate of drug-likeness (QED) is 0.338. The van der Waals surface area contributed by atoms with E-state index in [9.17, 15) is 0 Å². The monoisotopic (exact) mass is 601 g/mol. The molecule has 1 rings (SSSR count). The van der Waals surface area contributed by atoms with E-state index in [0.29, 0.717) is 0 Å². The van der Waals surface area contributed by atoms with Gasteiger partial charge in [0, 0.05) is 0 Å². The van der Waals surface area contributed by atoms with Crippen molar-refractivity contribution in [2.45, 2.75) is 10.7 Å². The highest BCUT2D eigenvalue weighted by molar-refractivity contribution is 9.41. The van der Waals surface area contributed by atoms with E-state index in [0.717, 1.165) is 12.3 Å². The fourth-order valence-electron chi connectivity index (χ4n) is 1.16. The summed E-state index contributed by atoms with van der Waals surface area (Å²) < 4.78 is -0.862. The molecule has 0 amide bonds. The Labute approximate surface area is 146 Å². The van der Waals surface area contributed by atoms with Crippen LogP contribution in [0.15, 0.2) is 30.3 Å². The zero-order valence-corrected chi connectivity index (χ0v) is 17.4. The zero-order valence-electron chi connectivity index (χ0n) is 7.86. The molecule has 0 fully saturated rings. The van der Waals surface area contributed by atoms with Gasteiger partial charge in [-0.2, -0.15) is 0 Å². The smallest absolute Gasteiger partial charge is 0.0622 e. The Kier molecular flexibility index (Phi) is 6.57. The predicted octanol–water partition coefficient (Wildman–Crippen LogP) is 6.48. The van der Waals surface area contributed by atoms with Gasteiger partial charge < -0.3 is 0 Å². The van der Waals surface area contributed by atoms with E-state index < -0.39 is 4.29 Å². The van der Waals surface area contributed by atoms with Crippen molar-refractivity contribution < 1.29 is 0 Å². The van der Waals surface area contributed by atoms with E-state index >= 15 is 0 Å². The van der Waals surface area contributed by atoms with E-state index in [1.165, 1.54) is 5.56 Å². The van der Waals surface area contributed by atoms with Crippen LogP contribution in [-0.4, -0.2) is 4.29 Å². The Morgan fingerprint density at radius 1 is 0.812 bits per heavy atom. The van der Waals surface area contributed by atoms with Gasteiger partial charge in [0.25, 0.3) is 0 Å². The molecule has 0 nitrogen and oxygen atoms in total. The number of benzene rings is 1. The molecule has 89 valence electrons. The fourth-order valence-corrected chi connectivity index (χ4v) is 6.18. The molecule has 1 aromatic rings. The van der Waals surface area contributed by atoms with Crippen LogP contribution in [0.4, 0.5) is 0 Å². The van der Waals surface area contributed by atoms with Crippen LogP contribution >= 0.6 is 95.6 Å². The average molecular weight is 607 g/mol. The number of alkyl halides is 6. The van der Waals surface area contributed by atoms with Crippen LogP contribution < -0.4 is 0 Å². The van der Waals surface area contributed by atoms with Crippen LogP contribution in [0.5, 0.6) is 0 Å². The maximum absolute atomic E-state index is 3.54. The molecule has 6 heteroatoms. The lowest BCUT2D eigenvalue weighted by Crippen LogP contribution is -2.29. The van der Waals surface area contributed by atoms with Crippen molar-refractivity contribution in [3.63, 3.8) is 0 Å². The Bertz CT molecular complexity index is 309. The van der Waals surface area contributed by atoms with Gasteiger partial charge in [0.2, 0.25) is 0 Å². The molecule has 0 saturated heterocycles. The van der Waals surface area contributed by atoms with E-state index in [4.69, 9.17) is 0 Å². The second-order valence-electron chi connectivity index (χ2n) is 3.14. The van der Waals surface area contributed by atoms with Gasteiger partial charge >= 0.3 is 0 Å². The summed E-state index contributed by atoms with van der Waals surface area (Å²) in [6.45, 7) is 0. The van der Waals surface area contributed by atoms with Crippen molar-refractivity contribution in [1.82, 2.24) is 0 Å². The first-order valence-electron chi connectivity index (χ1n) is 4.25. The number of hydrogen-bond donors (Lipinski definition) is 0. The first-order valence-corrected chi connectivity index (χ1v) is 9.01. The predicted molar refractivity (Wildman–Crippen MR) is 92.4 cm³/mol. The minimum absolute atomic E-state index is 0.431. The maximum atomic E-state index is 3.54. The number of halogens is 6. The van der Waals surface area contributed by atoms with E-state index in [2.05, 4.69) is 108 Å². The third-order valence-corrected chi connectivity index (χ3v) is 4.78. The number of rotatable bonds is 2. The van der Waals surface area contributed by atoms with Gasteiger partial charge in [-0.1, -0.05) is 126 Å². The van der Waals surface area contributed by atoms with Crippen LogP contribution in [0.1, 0.15) is 5.56 Å². The molecule has 1 aromatic carbocycles. The zero-order chi connectivity index (χ0) is 12.4. The summed E-state index contributed by atoms with van der Waals surface area (Å²) in [5, 5.41) is 0. The van der Waals surface area contributed by atoms with Gasteiger partial charge in [0.05, 0.1) is 5.92 Å². The second-order valence-corrected chi connectivity index (χ2v) is 16.7. The largest absolute Gasteiger partial charge is 0.144 e. The molecule has 0 aliphatic rings. The fraction of sp³-hybridized carbons (Fsp3) is 0.300. The summed E-state index contributed by atoms with van der Waals surface area (Å²) in [5.41, 5.74) is 1.24. The highest BCUT2D eigenvalue weighted by Gasteiger charge is 2.44. The van der Waals surface area contributed by atoms with Crippen molar-refractivity contribution in [2.75, 3.05) is 0 Å². The molecule has 0 unspecified atom stereocenters. The first kappa shape index (κ1) is 16.2. The molecule has 0 aromatic heterocycles. The SMILES string of the molecule is BrC(Br)(Br)[C](Cc1ccccc1)C(Br)(Br)Br. The highest BCUT2D eigenvalue weighted by Crippen LogP contribution is 2.56. The van der Waals surface area contributed by atoms with Gasteiger partial charge in [-0.25, -0.2) is 0 Å². The lowest BCUT2D eigenvalue weighted by atomic mass is 10.0. The van der Waals surface area contributed by atoms with Crippen LogP contribution in [0.2, 0.25) is 0 Å². The van der Waals surface area contributed by atoms with Crippen molar-refractivity contribution >= 4 is 95.6 Å². The van der Waals surface area contributed by atoms with E-state index in [1.54, 1.807) is 0 Å². The van der Waals surface area contributed by atoms with Crippen LogP contribution in [0.3, 0.4) is 0 Å². The topological polar surface area (TPSA) is 0 Å². The van der Waals surface area contributed by atoms with Gasteiger partial charge in [-0.15, -0.1) is 0 Å². The van der Waals surface area contributed by atoms with Crippen molar-refractivity contribution in [1.29, 1.82) is 0 Å². The van der Waals surface area contributed by atoms with E-state index in [1.807, 2.05) is 18.2 Å². The Hall–Kier alpha value is 2.10. The van der Waals surface area contributed by atoms with Crippen molar-refractivity contribution in [2.24, 2.45) is 0 Å². The molecule has 0 heterocycles.